The fourth-order valence-corrected chi connectivity index (χ4v) is 11.5. The summed E-state index contributed by atoms with van der Waals surface area (Å²) in [6.07, 6.45) is -10.6. The minimum atomic E-state index is -5.81. The number of carbonyl (C=O) groups is 1. The van der Waals surface area contributed by atoms with Crippen LogP contribution >= 0.6 is 0 Å². The van der Waals surface area contributed by atoms with Gasteiger partial charge in [0.15, 0.2) is 0 Å². The first-order chi connectivity index (χ1) is 18.6. The zero-order valence-electron chi connectivity index (χ0n) is 26.9. The third-order valence-electron chi connectivity index (χ3n) is 13.3. The molecule has 0 spiro atoms. The van der Waals surface area contributed by atoms with E-state index in [1.807, 2.05) is 20.8 Å². The fraction of sp³-hybridized carbons (Fsp3) is 0.970. The van der Waals surface area contributed by atoms with E-state index in [4.69, 9.17) is 0 Å². The number of fused-ring (bicyclic) bond motifs is 4. The van der Waals surface area contributed by atoms with E-state index in [9.17, 15) is 41.4 Å². The number of alkyl halides is 6. The summed E-state index contributed by atoms with van der Waals surface area (Å²) < 4.78 is 82.2. The average molecular weight is 611 g/mol. The Kier molecular flexibility index (Phi) is 7.87. The third-order valence-corrected chi connectivity index (χ3v) is 13.3. The monoisotopic (exact) mass is 610 g/mol. The van der Waals surface area contributed by atoms with E-state index >= 15 is 0 Å². The number of carboxylic acids is 1. The predicted octanol–water partition coefficient (Wildman–Crippen LogP) is 9.24. The second-order valence-electron chi connectivity index (χ2n) is 17.8. The average Bonchev–Trinajstić information content (AvgIpc) is 3.53. The maximum Gasteiger partial charge on any atom is 0.426 e. The lowest BCUT2D eigenvalue weighted by Gasteiger charge is -2.60. The Bertz CT molecular complexity index is 1030. The Morgan fingerprint density at radius 3 is 1.48 bits per heavy atom. The van der Waals surface area contributed by atoms with E-state index < -0.39 is 36.3 Å². The van der Waals surface area contributed by atoms with Crippen molar-refractivity contribution in [1.82, 2.24) is 0 Å². The van der Waals surface area contributed by atoms with E-state index in [2.05, 4.69) is 48.5 Å². The molecular weight excluding hydrogens is 558 g/mol. The van der Waals surface area contributed by atoms with Crippen molar-refractivity contribution >= 4 is 5.97 Å². The molecule has 3 nitrogen and oxygen atoms in total. The second kappa shape index (κ2) is 9.75. The van der Waals surface area contributed by atoms with Gasteiger partial charge in [-0.05, 0) is 107 Å². The Balaban J connectivity index is 1.72. The van der Waals surface area contributed by atoms with E-state index in [-0.39, 0.29) is 69.5 Å². The van der Waals surface area contributed by atoms with Crippen molar-refractivity contribution in [2.45, 2.75) is 119 Å². The van der Waals surface area contributed by atoms with Crippen LogP contribution in [-0.2, 0) is 4.79 Å². The van der Waals surface area contributed by atoms with Crippen LogP contribution in [0.15, 0.2) is 0 Å². The molecule has 4 aliphatic carbocycles. The molecule has 244 valence electrons. The summed E-state index contributed by atoms with van der Waals surface area (Å²) in [7, 11) is 0. The van der Waals surface area contributed by atoms with Crippen LogP contribution in [0.3, 0.4) is 0 Å². The highest BCUT2D eigenvalue weighted by atomic mass is 19.4. The van der Waals surface area contributed by atoms with Crippen LogP contribution in [0.5, 0.6) is 0 Å². The highest BCUT2D eigenvalue weighted by Gasteiger charge is 2.73. The molecule has 0 aromatic carbocycles. The van der Waals surface area contributed by atoms with Gasteiger partial charge in [0.05, 0.1) is 5.92 Å². The lowest BCUT2D eigenvalue weighted by Crippen LogP contribution is -2.59. The number of halogens is 6. The predicted molar refractivity (Wildman–Crippen MR) is 149 cm³/mol. The van der Waals surface area contributed by atoms with Gasteiger partial charge in [-0.15, -0.1) is 0 Å². The lowest BCUT2D eigenvalue weighted by molar-refractivity contribution is -0.373. The van der Waals surface area contributed by atoms with E-state index in [1.165, 1.54) is 0 Å². The first kappa shape index (κ1) is 33.9. The Hall–Kier alpha value is -0.990. The van der Waals surface area contributed by atoms with Gasteiger partial charge < -0.3 is 10.2 Å². The third kappa shape index (κ3) is 4.92. The summed E-state index contributed by atoms with van der Waals surface area (Å²) in [5, 5.41) is 20.2. The Morgan fingerprint density at radius 2 is 1.05 bits per heavy atom. The summed E-state index contributed by atoms with van der Waals surface area (Å²) in [6, 6.07) is 0. The van der Waals surface area contributed by atoms with Crippen LogP contribution in [0.25, 0.3) is 0 Å². The lowest BCUT2D eigenvalue weighted by atomic mass is 9.44. The van der Waals surface area contributed by atoms with Crippen molar-refractivity contribution < 1.29 is 41.4 Å². The number of hydrogen-bond donors (Lipinski definition) is 2. The van der Waals surface area contributed by atoms with Gasteiger partial charge in [0.1, 0.15) is 0 Å². The minimum absolute atomic E-state index is 0.0379. The zero-order chi connectivity index (χ0) is 32.4. The van der Waals surface area contributed by atoms with E-state index in [0.717, 1.165) is 6.42 Å². The quantitative estimate of drug-likeness (QED) is 0.295. The molecule has 42 heavy (non-hydrogen) atoms. The van der Waals surface area contributed by atoms with Gasteiger partial charge in [-0.1, -0.05) is 69.2 Å². The Morgan fingerprint density at radius 1 is 0.619 bits per heavy atom. The van der Waals surface area contributed by atoms with Crippen LogP contribution in [0.4, 0.5) is 26.3 Å². The van der Waals surface area contributed by atoms with Gasteiger partial charge in [0, 0.05) is 0 Å². The van der Waals surface area contributed by atoms with Crippen molar-refractivity contribution in [3.8, 4) is 0 Å². The molecule has 4 aliphatic rings. The van der Waals surface area contributed by atoms with Crippen LogP contribution < -0.4 is 0 Å². The molecule has 10 unspecified atom stereocenters. The molecule has 9 heteroatoms. The molecule has 0 amide bonds. The summed E-state index contributed by atoms with van der Waals surface area (Å²) in [6.45, 7) is 21.7. The van der Waals surface area contributed by atoms with Crippen LogP contribution in [-0.4, -0.2) is 34.1 Å². The summed E-state index contributed by atoms with van der Waals surface area (Å²) in [5.41, 5.74) is -5.86. The van der Waals surface area contributed by atoms with E-state index in [0.29, 0.717) is 24.7 Å². The molecule has 0 radical (unpaired) electrons. The van der Waals surface area contributed by atoms with Gasteiger partial charge in [-0.2, -0.15) is 26.3 Å². The Labute approximate surface area is 247 Å². The molecule has 0 saturated heterocycles. The molecule has 0 heterocycles. The largest absolute Gasteiger partial charge is 0.481 e. The number of hydrogen-bond acceptors (Lipinski definition) is 2. The minimum Gasteiger partial charge on any atom is -0.481 e. The highest BCUT2D eigenvalue weighted by Crippen LogP contribution is 2.73. The molecule has 0 aliphatic heterocycles. The number of aliphatic hydroxyl groups is 1. The van der Waals surface area contributed by atoms with Crippen molar-refractivity contribution in [2.24, 2.45) is 80.8 Å². The summed E-state index contributed by atoms with van der Waals surface area (Å²) >= 11 is 0. The topological polar surface area (TPSA) is 57.5 Å². The van der Waals surface area contributed by atoms with Crippen LogP contribution in [0, 0.1) is 80.8 Å². The smallest absolute Gasteiger partial charge is 0.426 e. The normalized spacial score (nSPS) is 38.0. The first-order valence-electron chi connectivity index (χ1n) is 15.7. The zero-order valence-corrected chi connectivity index (χ0v) is 26.9. The maximum atomic E-state index is 13.7. The van der Waals surface area contributed by atoms with Crippen molar-refractivity contribution in [1.29, 1.82) is 0 Å². The van der Waals surface area contributed by atoms with Gasteiger partial charge in [-0.25, -0.2) is 0 Å². The highest BCUT2D eigenvalue weighted by molar-refractivity contribution is 5.71. The van der Waals surface area contributed by atoms with Crippen LogP contribution in [0.1, 0.15) is 101 Å². The van der Waals surface area contributed by atoms with Gasteiger partial charge in [0.2, 0.25) is 0 Å². The molecule has 4 saturated carbocycles. The van der Waals surface area contributed by atoms with Gasteiger partial charge in [-0.3, -0.25) is 4.79 Å². The molecule has 2 N–H and O–H groups in total. The SMILES string of the molecule is CC(C)(C)C1C2CC(CC2CC(O)(C(F)(F)F)C(F)(F)F)C1C(C)(C)C(C)(C)C1C2CC(CC2C(=O)O)C1C(C)(C)C. The molecule has 4 fully saturated rings. The molecular formula is C33H52F6O3. The number of carboxylic acid groups (broad SMARTS) is 1. The number of aliphatic carboxylic acids is 1. The van der Waals surface area contributed by atoms with Crippen molar-refractivity contribution in [3.63, 3.8) is 0 Å². The maximum absolute atomic E-state index is 13.7. The molecule has 10 atom stereocenters. The summed E-state index contributed by atoms with van der Waals surface area (Å²) in [5.74, 6) is -1.73. The second-order valence-corrected chi connectivity index (χ2v) is 17.8. The van der Waals surface area contributed by atoms with Gasteiger partial charge in [0.25, 0.3) is 5.60 Å². The first-order valence-corrected chi connectivity index (χ1v) is 15.7. The number of rotatable bonds is 6. The molecule has 0 aromatic rings. The molecule has 4 rings (SSSR count). The van der Waals surface area contributed by atoms with Gasteiger partial charge >= 0.3 is 18.3 Å². The van der Waals surface area contributed by atoms with Crippen LogP contribution in [0.2, 0.25) is 0 Å². The standard InChI is InChI=1S/C33H52F6O3/c1-27(2,3)22-17-13-20(21(14-17)26(40)41)25(22)30(9,10)29(7,8)23-16-11-18(19(12-16)24(23)28(4,5)6)15-31(42,32(34,35)36)33(37,38)39/h16-25,42H,11-15H2,1-10H3,(H,40,41). The summed E-state index contributed by atoms with van der Waals surface area (Å²) in [4.78, 5) is 12.3. The van der Waals surface area contributed by atoms with E-state index in [1.54, 1.807) is 0 Å². The van der Waals surface area contributed by atoms with Crippen molar-refractivity contribution in [3.05, 3.63) is 0 Å². The molecule has 0 aromatic heterocycles. The van der Waals surface area contributed by atoms with Crippen molar-refractivity contribution in [2.75, 3.05) is 0 Å². The fourth-order valence-electron chi connectivity index (χ4n) is 11.5. The molecule has 4 bridgehead atoms.